The third kappa shape index (κ3) is 4.14. The fraction of sp³-hybridized carbons (Fsp3) is 0.250. The van der Waals surface area contributed by atoms with Crippen molar-refractivity contribution < 1.29 is 13.7 Å². The molecule has 0 spiro atoms. The van der Waals surface area contributed by atoms with Crippen LogP contribution in [-0.2, 0) is 17.8 Å². The highest BCUT2D eigenvalue weighted by atomic mass is 19.1. The van der Waals surface area contributed by atoms with Gasteiger partial charge in [-0.05, 0) is 17.7 Å². The van der Waals surface area contributed by atoms with Crippen LogP contribution in [0.3, 0.4) is 0 Å². The van der Waals surface area contributed by atoms with Crippen molar-refractivity contribution in [3.8, 4) is 0 Å². The maximum Gasteiger partial charge on any atom is 0.240 e. The van der Waals surface area contributed by atoms with Crippen molar-refractivity contribution in [3.05, 3.63) is 47.4 Å². The molecule has 0 aliphatic heterocycles. The van der Waals surface area contributed by atoms with E-state index in [-0.39, 0.29) is 18.9 Å². The molecule has 0 unspecified atom stereocenters. The summed E-state index contributed by atoms with van der Waals surface area (Å²) in [6.45, 7) is 0.328. The molecule has 1 heterocycles. The molecule has 1 aromatic carbocycles. The summed E-state index contributed by atoms with van der Waals surface area (Å²) in [7, 11) is 0. The van der Waals surface area contributed by atoms with Crippen molar-refractivity contribution in [2.75, 3.05) is 6.54 Å². The smallest absolute Gasteiger partial charge is 0.240 e. The van der Waals surface area contributed by atoms with E-state index < -0.39 is 5.91 Å². The summed E-state index contributed by atoms with van der Waals surface area (Å²) in [5.74, 6) is 0.139. The van der Waals surface area contributed by atoms with E-state index in [1.54, 1.807) is 12.1 Å². The highest BCUT2D eigenvalue weighted by Crippen LogP contribution is 2.08. The Morgan fingerprint density at radius 3 is 2.79 bits per heavy atom. The summed E-state index contributed by atoms with van der Waals surface area (Å²) in [5.41, 5.74) is 5.87. The number of carbonyl (C=O) groups excluding carboxylic acids is 1. The summed E-state index contributed by atoms with van der Waals surface area (Å²) in [5, 5.41) is 6.56. The first-order chi connectivity index (χ1) is 9.13. The molecular formula is C12H13FN4O2. The average molecular weight is 264 g/mol. The van der Waals surface area contributed by atoms with Gasteiger partial charge in [-0.3, -0.25) is 10.1 Å². The van der Waals surface area contributed by atoms with Crippen LogP contribution < -0.4 is 11.1 Å². The summed E-state index contributed by atoms with van der Waals surface area (Å²) < 4.78 is 17.7. The Labute approximate surface area is 108 Å². The number of hydrogen-bond acceptors (Lipinski definition) is 5. The fourth-order valence-corrected chi connectivity index (χ4v) is 1.51. The van der Waals surface area contributed by atoms with Gasteiger partial charge in [-0.1, -0.05) is 17.3 Å². The predicted molar refractivity (Wildman–Crippen MR) is 64.4 cm³/mol. The van der Waals surface area contributed by atoms with E-state index in [0.717, 1.165) is 5.56 Å². The Balaban J connectivity index is 1.90. The van der Waals surface area contributed by atoms with Gasteiger partial charge in [0, 0.05) is 6.42 Å². The van der Waals surface area contributed by atoms with Gasteiger partial charge < -0.3 is 10.3 Å². The van der Waals surface area contributed by atoms with Gasteiger partial charge in [-0.25, -0.2) is 4.39 Å². The molecule has 0 saturated heterocycles. The van der Waals surface area contributed by atoms with E-state index in [0.29, 0.717) is 18.1 Å². The van der Waals surface area contributed by atoms with Crippen LogP contribution in [0.5, 0.6) is 0 Å². The van der Waals surface area contributed by atoms with Gasteiger partial charge in [-0.2, -0.15) is 4.98 Å². The largest absolute Gasteiger partial charge is 0.369 e. The van der Waals surface area contributed by atoms with E-state index in [4.69, 9.17) is 10.3 Å². The predicted octanol–water partition coefficient (Wildman–Crippen LogP) is 0.374. The number of carbonyl (C=O) groups is 1. The van der Waals surface area contributed by atoms with Gasteiger partial charge in [0.05, 0.1) is 13.1 Å². The lowest BCUT2D eigenvalue weighted by molar-refractivity contribution is -0.117. The fourth-order valence-electron chi connectivity index (χ4n) is 1.51. The lowest BCUT2D eigenvalue weighted by Gasteiger charge is -1.96. The number of nitrogens with one attached hydrogen (secondary N) is 1. The molecule has 0 aliphatic carbocycles. The van der Waals surface area contributed by atoms with Crippen molar-refractivity contribution in [1.29, 1.82) is 0 Å². The molecule has 3 N–H and O–H groups in total. The van der Waals surface area contributed by atoms with Crippen molar-refractivity contribution in [3.63, 3.8) is 0 Å². The topological polar surface area (TPSA) is 94.0 Å². The second-order valence-corrected chi connectivity index (χ2v) is 3.98. The van der Waals surface area contributed by atoms with Crippen LogP contribution in [0.2, 0.25) is 0 Å². The zero-order valence-electron chi connectivity index (χ0n) is 10.1. The Morgan fingerprint density at radius 2 is 2.11 bits per heavy atom. The maximum atomic E-state index is 12.7. The number of nitrogens with two attached hydrogens (primary N) is 1. The zero-order valence-corrected chi connectivity index (χ0v) is 10.1. The SMILES string of the molecule is NC(=O)CNCc1nc(Cc2ccc(F)cc2)no1. The quantitative estimate of drug-likeness (QED) is 0.786. The van der Waals surface area contributed by atoms with E-state index in [9.17, 15) is 9.18 Å². The lowest BCUT2D eigenvalue weighted by atomic mass is 10.1. The Hall–Kier alpha value is -2.28. The van der Waals surface area contributed by atoms with E-state index in [2.05, 4.69) is 15.5 Å². The number of halogens is 1. The minimum absolute atomic E-state index is 0.0513. The summed E-state index contributed by atoms with van der Waals surface area (Å²) >= 11 is 0. The van der Waals surface area contributed by atoms with Crippen LogP contribution in [0, 0.1) is 5.82 Å². The maximum absolute atomic E-state index is 12.7. The average Bonchev–Trinajstić information content (AvgIpc) is 2.79. The molecule has 0 bridgehead atoms. The molecule has 2 aromatic rings. The number of hydrogen-bond donors (Lipinski definition) is 2. The molecular weight excluding hydrogens is 251 g/mol. The molecule has 1 amide bonds. The first-order valence-electron chi connectivity index (χ1n) is 5.68. The third-order valence-electron chi connectivity index (χ3n) is 2.36. The normalized spacial score (nSPS) is 10.6. The van der Waals surface area contributed by atoms with Crippen molar-refractivity contribution in [2.45, 2.75) is 13.0 Å². The molecule has 6 nitrogen and oxygen atoms in total. The van der Waals surface area contributed by atoms with Gasteiger partial charge in [0.1, 0.15) is 5.82 Å². The minimum Gasteiger partial charge on any atom is -0.369 e. The first-order valence-corrected chi connectivity index (χ1v) is 5.68. The summed E-state index contributed by atoms with van der Waals surface area (Å²) in [6, 6.07) is 6.09. The second kappa shape index (κ2) is 6.05. The number of rotatable bonds is 6. The molecule has 7 heteroatoms. The van der Waals surface area contributed by atoms with Crippen LogP contribution in [-0.4, -0.2) is 22.6 Å². The first kappa shape index (κ1) is 13.2. The van der Waals surface area contributed by atoms with Crippen LogP contribution in [0.4, 0.5) is 4.39 Å². The number of benzene rings is 1. The molecule has 2 rings (SSSR count). The van der Waals surface area contributed by atoms with Gasteiger partial charge >= 0.3 is 0 Å². The van der Waals surface area contributed by atoms with E-state index >= 15 is 0 Å². The van der Waals surface area contributed by atoms with Crippen LogP contribution in [0.1, 0.15) is 17.3 Å². The van der Waals surface area contributed by atoms with E-state index in [1.807, 2.05) is 0 Å². The molecule has 0 radical (unpaired) electrons. The van der Waals surface area contributed by atoms with Crippen LogP contribution in [0.25, 0.3) is 0 Å². The number of aromatic nitrogens is 2. The highest BCUT2D eigenvalue weighted by molar-refractivity contribution is 5.75. The highest BCUT2D eigenvalue weighted by Gasteiger charge is 2.07. The van der Waals surface area contributed by atoms with Crippen LogP contribution >= 0.6 is 0 Å². The van der Waals surface area contributed by atoms with Gasteiger partial charge in [-0.15, -0.1) is 0 Å². The van der Waals surface area contributed by atoms with Crippen molar-refractivity contribution >= 4 is 5.91 Å². The Bertz CT molecular complexity index is 553. The molecule has 0 fully saturated rings. The lowest BCUT2D eigenvalue weighted by Crippen LogP contribution is -2.28. The van der Waals surface area contributed by atoms with Gasteiger partial charge in [0.25, 0.3) is 0 Å². The molecule has 0 aliphatic rings. The molecule has 19 heavy (non-hydrogen) atoms. The third-order valence-corrected chi connectivity index (χ3v) is 2.36. The van der Waals surface area contributed by atoms with Crippen LogP contribution in [0.15, 0.2) is 28.8 Å². The molecule has 0 saturated carbocycles. The summed E-state index contributed by atoms with van der Waals surface area (Å²) in [4.78, 5) is 14.7. The monoisotopic (exact) mass is 264 g/mol. The standard InChI is InChI=1S/C12H13FN4O2/c13-9-3-1-8(2-4-9)5-11-16-12(19-17-11)7-15-6-10(14)18/h1-4,15H,5-7H2,(H2,14,18). The summed E-state index contributed by atoms with van der Waals surface area (Å²) in [6.07, 6.45) is 0.458. The Kier molecular flexibility index (Phi) is 4.19. The Morgan fingerprint density at radius 1 is 1.37 bits per heavy atom. The zero-order chi connectivity index (χ0) is 13.7. The van der Waals surface area contributed by atoms with E-state index in [1.165, 1.54) is 12.1 Å². The molecule has 100 valence electrons. The number of nitrogens with zero attached hydrogens (tertiary/aromatic N) is 2. The molecule has 1 aromatic heterocycles. The second-order valence-electron chi connectivity index (χ2n) is 3.98. The van der Waals surface area contributed by atoms with Crippen molar-refractivity contribution in [2.24, 2.45) is 5.73 Å². The number of primary amides is 1. The minimum atomic E-state index is -0.453. The molecule has 0 atom stereocenters. The number of amides is 1. The van der Waals surface area contributed by atoms with Gasteiger partial charge in [0.2, 0.25) is 11.8 Å². The van der Waals surface area contributed by atoms with Gasteiger partial charge in [0.15, 0.2) is 5.82 Å². The van der Waals surface area contributed by atoms with Crippen molar-refractivity contribution in [1.82, 2.24) is 15.5 Å².